The van der Waals surface area contributed by atoms with Gasteiger partial charge < -0.3 is 9.15 Å². The van der Waals surface area contributed by atoms with Crippen molar-refractivity contribution in [1.82, 2.24) is 10.2 Å². The zero-order valence-corrected chi connectivity index (χ0v) is 19.9. The monoisotopic (exact) mass is 475 g/mol. The Kier molecular flexibility index (Phi) is 6.15. The van der Waals surface area contributed by atoms with E-state index in [1.54, 1.807) is 17.6 Å². The van der Waals surface area contributed by atoms with E-state index in [4.69, 9.17) is 9.15 Å². The van der Waals surface area contributed by atoms with Crippen molar-refractivity contribution in [3.63, 3.8) is 0 Å². The lowest BCUT2D eigenvalue weighted by Crippen LogP contribution is -2.29. The summed E-state index contributed by atoms with van der Waals surface area (Å²) < 4.78 is 11.9. The molecular weight excluding hydrogens is 450 g/mol. The van der Waals surface area contributed by atoms with Crippen molar-refractivity contribution < 1.29 is 13.9 Å². The standard InChI is InChI=1S/C26H25N3O4S/c1-3-4-5-6-13-32-18-10-8-17(9-11-18)22-21-23(30)19-14-16(2)7-12-20(19)33-24(21)25(31)29(22)26-28-27-15-34-26/h7-12,14-15,22H,3-6,13H2,1-2H3. The van der Waals surface area contributed by atoms with Crippen molar-refractivity contribution in [2.24, 2.45) is 0 Å². The zero-order valence-electron chi connectivity index (χ0n) is 19.1. The van der Waals surface area contributed by atoms with E-state index >= 15 is 0 Å². The highest BCUT2D eigenvalue weighted by atomic mass is 32.1. The number of hydrogen-bond acceptors (Lipinski definition) is 7. The van der Waals surface area contributed by atoms with Crippen LogP contribution in [0.3, 0.4) is 0 Å². The average Bonchev–Trinajstić information content (AvgIpc) is 3.47. The normalized spacial score (nSPS) is 15.2. The van der Waals surface area contributed by atoms with Gasteiger partial charge in [-0.15, -0.1) is 10.2 Å². The quantitative estimate of drug-likeness (QED) is 0.306. The maximum absolute atomic E-state index is 13.6. The number of aryl methyl sites for hydroxylation is 1. The highest BCUT2D eigenvalue weighted by molar-refractivity contribution is 7.13. The van der Waals surface area contributed by atoms with Crippen LogP contribution in [0.4, 0.5) is 5.13 Å². The van der Waals surface area contributed by atoms with Crippen molar-refractivity contribution in [2.75, 3.05) is 11.5 Å². The Morgan fingerprint density at radius 2 is 1.91 bits per heavy atom. The van der Waals surface area contributed by atoms with Gasteiger partial charge in [0.15, 0.2) is 5.43 Å². The van der Waals surface area contributed by atoms with Gasteiger partial charge in [0.05, 0.1) is 23.6 Å². The molecule has 8 heteroatoms. The Morgan fingerprint density at radius 1 is 1.09 bits per heavy atom. The summed E-state index contributed by atoms with van der Waals surface area (Å²) in [6.45, 7) is 4.76. The predicted octanol–water partition coefficient (Wildman–Crippen LogP) is 5.66. The third kappa shape index (κ3) is 3.98. The van der Waals surface area contributed by atoms with Crippen molar-refractivity contribution in [2.45, 2.75) is 45.6 Å². The molecule has 2 aromatic heterocycles. The van der Waals surface area contributed by atoms with Crippen LogP contribution in [0.2, 0.25) is 0 Å². The molecule has 1 atom stereocenters. The van der Waals surface area contributed by atoms with E-state index in [9.17, 15) is 9.59 Å². The van der Waals surface area contributed by atoms with Crippen molar-refractivity contribution in [3.05, 3.63) is 80.6 Å². The molecule has 0 saturated heterocycles. The first-order valence-corrected chi connectivity index (χ1v) is 12.4. The molecule has 4 aromatic rings. The van der Waals surface area contributed by atoms with E-state index in [0.717, 1.165) is 29.7 Å². The molecule has 3 heterocycles. The number of amides is 1. The molecule has 1 unspecified atom stereocenters. The van der Waals surface area contributed by atoms with Gasteiger partial charge in [0.1, 0.15) is 16.8 Å². The Bertz CT molecular complexity index is 1380. The first-order valence-electron chi connectivity index (χ1n) is 11.5. The predicted molar refractivity (Wildman–Crippen MR) is 132 cm³/mol. The minimum absolute atomic E-state index is 0.0535. The van der Waals surface area contributed by atoms with Gasteiger partial charge in [-0.2, -0.15) is 0 Å². The number of carbonyl (C=O) groups excluding carboxylic acids is 1. The smallest absolute Gasteiger partial charge is 0.297 e. The molecule has 34 heavy (non-hydrogen) atoms. The summed E-state index contributed by atoms with van der Waals surface area (Å²) >= 11 is 1.24. The number of ether oxygens (including phenoxy) is 1. The lowest BCUT2D eigenvalue weighted by molar-refractivity contribution is 0.0970. The van der Waals surface area contributed by atoms with Gasteiger partial charge in [0.2, 0.25) is 10.9 Å². The highest BCUT2D eigenvalue weighted by Gasteiger charge is 2.44. The van der Waals surface area contributed by atoms with Crippen LogP contribution in [-0.4, -0.2) is 22.7 Å². The first kappa shape index (κ1) is 22.3. The Balaban J connectivity index is 1.55. The molecule has 0 saturated carbocycles. The molecule has 0 fully saturated rings. The molecule has 0 N–H and O–H groups in total. The van der Waals surface area contributed by atoms with Crippen LogP contribution in [0.5, 0.6) is 5.75 Å². The molecule has 5 rings (SSSR count). The van der Waals surface area contributed by atoms with Gasteiger partial charge in [-0.25, -0.2) is 0 Å². The fraction of sp³-hybridized carbons (Fsp3) is 0.308. The van der Waals surface area contributed by atoms with Crippen LogP contribution in [-0.2, 0) is 0 Å². The summed E-state index contributed by atoms with van der Waals surface area (Å²) in [5.74, 6) is 0.416. The average molecular weight is 476 g/mol. The number of carbonyl (C=O) groups is 1. The number of rotatable bonds is 8. The summed E-state index contributed by atoms with van der Waals surface area (Å²) in [7, 11) is 0. The molecule has 0 spiro atoms. The van der Waals surface area contributed by atoms with Crippen LogP contribution in [0, 0.1) is 6.92 Å². The molecule has 1 aliphatic rings. The molecule has 0 aliphatic carbocycles. The highest BCUT2D eigenvalue weighted by Crippen LogP contribution is 2.41. The van der Waals surface area contributed by atoms with Crippen LogP contribution < -0.4 is 15.1 Å². The molecule has 0 radical (unpaired) electrons. The van der Waals surface area contributed by atoms with E-state index in [0.29, 0.717) is 28.3 Å². The van der Waals surface area contributed by atoms with Gasteiger partial charge in [-0.3, -0.25) is 14.5 Å². The number of anilines is 1. The number of aromatic nitrogens is 2. The summed E-state index contributed by atoms with van der Waals surface area (Å²) in [4.78, 5) is 28.6. The number of nitrogens with zero attached hydrogens (tertiary/aromatic N) is 3. The second-order valence-corrected chi connectivity index (χ2v) is 9.26. The van der Waals surface area contributed by atoms with Crippen molar-refractivity contribution in [3.8, 4) is 5.75 Å². The number of benzene rings is 2. The van der Waals surface area contributed by atoms with Crippen LogP contribution in [0.1, 0.15) is 65.9 Å². The Hall–Kier alpha value is -3.52. The fourth-order valence-corrected chi connectivity index (χ4v) is 4.92. The van der Waals surface area contributed by atoms with Gasteiger partial charge in [-0.1, -0.05) is 61.3 Å². The summed E-state index contributed by atoms with van der Waals surface area (Å²) in [6.07, 6.45) is 4.55. The SMILES string of the molecule is CCCCCCOc1ccc(C2c3c(oc4ccc(C)cc4c3=O)C(=O)N2c2nncs2)cc1. The lowest BCUT2D eigenvalue weighted by Gasteiger charge is -2.22. The molecule has 1 aliphatic heterocycles. The first-order chi connectivity index (χ1) is 16.6. The lowest BCUT2D eigenvalue weighted by atomic mass is 9.98. The summed E-state index contributed by atoms with van der Waals surface area (Å²) in [6, 6.07) is 12.3. The van der Waals surface area contributed by atoms with E-state index in [1.165, 1.54) is 29.1 Å². The third-order valence-electron chi connectivity index (χ3n) is 6.04. The summed E-state index contributed by atoms with van der Waals surface area (Å²) in [5.41, 5.74) is 3.80. The van der Waals surface area contributed by atoms with Crippen molar-refractivity contribution in [1.29, 1.82) is 0 Å². The van der Waals surface area contributed by atoms with Gasteiger partial charge in [0, 0.05) is 0 Å². The number of hydrogen-bond donors (Lipinski definition) is 0. The van der Waals surface area contributed by atoms with E-state index in [-0.39, 0.29) is 11.2 Å². The van der Waals surface area contributed by atoms with Crippen LogP contribution in [0.25, 0.3) is 11.0 Å². The number of fused-ring (bicyclic) bond motifs is 2. The maximum atomic E-state index is 13.6. The largest absolute Gasteiger partial charge is 0.494 e. The topological polar surface area (TPSA) is 85.5 Å². The third-order valence-corrected chi connectivity index (χ3v) is 6.73. The van der Waals surface area contributed by atoms with E-state index in [2.05, 4.69) is 17.1 Å². The van der Waals surface area contributed by atoms with Gasteiger partial charge >= 0.3 is 0 Å². The molecule has 2 aromatic carbocycles. The minimum Gasteiger partial charge on any atom is -0.494 e. The van der Waals surface area contributed by atoms with Crippen LogP contribution in [0.15, 0.2) is 57.2 Å². The molecule has 174 valence electrons. The summed E-state index contributed by atoms with van der Waals surface area (Å²) in [5, 5.41) is 8.88. The maximum Gasteiger partial charge on any atom is 0.297 e. The number of unbranched alkanes of at least 4 members (excludes halogenated alkanes) is 3. The zero-order chi connectivity index (χ0) is 23.7. The molecule has 1 amide bonds. The van der Waals surface area contributed by atoms with E-state index < -0.39 is 11.9 Å². The molecule has 0 bridgehead atoms. The second-order valence-electron chi connectivity index (χ2n) is 8.45. The fourth-order valence-electron chi connectivity index (χ4n) is 4.34. The molecule has 7 nitrogen and oxygen atoms in total. The van der Waals surface area contributed by atoms with E-state index in [1.807, 2.05) is 37.3 Å². The van der Waals surface area contributed by atoms with Gasteiger partial charge in [-0.05, 0) is 43.2 Å². The minimum atomic E-state index is -0.657. The second kappa shape index (κ2) is 9.38. The Morgan fingerprint density at radius 3 is 2.65 bits per heavy atom. The van der Waals surface area contributed by atoms with Crippen LogP contribution >= 0.6 is 11.3 Å². The molecular formula is C26H25N3O4S. The Labute approximate surface area is 201 Å². The van der Waals surface area contributed by atoms with Gasteiger partial charge in [0.25, 0.3) is 5.91 Å². The van der Waals surface area contributed by atoms with Crippen molar-refractivity contribution >= 4 is 33.3 Å².